The molecule has 0 saturated heterocycles. The summed E-state index contributed by atoms with van der Waals surface area (Å²) in [5.41, 5.74) is 1.32. The molecule has 0 spiro atoms. The van der Waals surface area contributed by atoms with Gasteiger partial charge in [0.25, 0.3) is 0 Å². The van der Waals surface area contributed by atoms with Crippen molar-refractivity contribution < 1.29 is 9.13 Å². The van der Waals surface area contributed by atoms with Crippen molar-refractivity contribution in [3.05, 3.63) is 41.7 Å². The average Bonchev–Trinajstić information content (AvgIpc) is 2.21. The number of rotatable bonds is 5. The Kier molecular flexibility index (Phi) is 4.31. The van der Waals surface area contributed by atoms with E-state index in [-0.39, 0.29) is 5.82 Å². The fourth-order valence-electron chi connectivity index (χ4n) is 1.43. The Morgan fingerprint density at radius 3 is 2.87 bits per heavy atom. The van der Waals surface area contributed by atoms with Gasteiger partial charge in [-0.25, -0.2) is 4.39 Å². The van der Waals surface area contributed by atoms with Gasteiger partial charge in [0, 0.05) is 17.7 Å². The Morgan fingerprint density at radius 1 is 1.53 bits per heavy atom. The van der Waals surface area contributed by atoms with E-state index in [4.69, 9.17) is 4.74 Å². The molecule has 3 heteroatoms. The fourth-order valence-corrected chi connectivity index (χ4v) is 1.43. The summed E-state index contributed by atoms with van der Waals surface area (Å²) >= 11 is 0. The van der Waals surface area contributed by atoms with Crippen LogP contribution < -0.4 is 5.32 Å². The Hall–Kier alpha value is -1.35. The van der Waals surface area contributed by atoms with E-state index in [1.165, 1.54) is 6.07 Å². The molecule has 0 aliphatic carbocycles. The van der Waals surface area contributed by atoms with E-state index in [1.54, 1.807) is 13.1 Å². The zero-order valence-corrected chi connectivity index (χ0v) is 9.14. The van der Waals surface area contributed by atoms with Crippen molar-refractivity contribution in [2.24, 2.45) is 0 Å². The van der Waals surface area contributed by atoms with E-state index in [0.717, 1.165) is 5.56 Å². The number of ether oxygens (including phenoxy) is 1. The molecule has 1 aromatic rings. The number of nitrogens with one attached hydrogen (secondary N) is 1. The third-order valence-corrected chi connectivity index (χ3v) is 2.09. The van der Waals surface area contributed by atoms with Crippen LogP contribution in [0.1, 0.15) is 18.1 Å². The molecule has 0 heterocycles. The van der Waals surface area contributed by atoms with Gasteiger partial charge in [-0.2, -0.15) is 0 Å². The van der Waals surface area contributed by atoms with Crippen LogP contribution in [0, 0.1) is 5.82 Å². The molecule has 82 valence electrons. The normalized spacial score (nSPS) is 10.1. The molecule has 1 N–H and O–H groups in total. The molecular formula is C12H16FNO. The van der Waals surface area contributed by atoms with Crippen molar-refractivity contribution in [2.45, 2.75) is 13.5 Å². The van der Waals surface area contributed by atoms with E-state index >= 15 is 0 Å². The van der Waals surface area contributed by atoms with Gasteiger partial charge in [0.05, 0.1) is 6.61 Å². The highest BCUT2D eigenvalue weighted by Gasteiger charge is 2.10. The minimum Gasteiger partial charge on any atom is -0.494 e. The molecule has 0 fully saturated rings. The molecule has 2 nitrogen and oxygen atoms in total. The fraction of sp³-hybridized carbons (Fsp3) is 0.333. The minimum absolute atomic E-state index is 0.234. The lowest BCUT2D eigenvalue weighted by Gasteiger charge is -2.12. The first kappa shape index (κ1) is 11.7. The molecule has 0 aromatic heterocycles. The molecule has 0 bridgehead atoms. The van der Waals surface area contributed by atoms with Gasteiger partial charge in [-0.1, -0.05) is 18.7 Å². The van der Waals surface area contributed by atoms with Crippen LogP contribution in [0.5, 0.6) is 0 Å². The standard InChI is InChI=1S/C12H16FNO/c1-4-15-9(2)10-6-5-7-12(13)11(10)8-14-3/h5-7,14H,2,4,8H2,1,3H3. The Balaban J connectivity index is 3.04. The predicted octanol–water partition coefficient (Wildman–Crippen LogP) is 2.55. The number of benzene rings is 1. The summed E-state index contributed by atoms with van der Waals surface area (Å²) in [6.07, 6.45) is 0. The first-order chi connectivity index (χ1) is 7.20. The maximum atomic E-state index is 13.5. The van der Waals surface area contributed by atoms with E-state index in [2.05, 4.69) is 11.9 Å². The molecule has 0 saturated carbocycles. The summed E-state index contributed by atoms with van der Waals surface area (Å²) in [6, 6.07) is 4.91. The monoisotopic (exact) mass is 209 g/mol. The second kappa shape index (κ2) is 5.51. The maximum Gasteiger partial charge on any atom is 0.128 e. The average molecular weight is 209 g/mol. The molecular weight excluding hydrogens is 193 g/mol. The van der Waals surface area contributed by atoms with E-state index in [0.29, 0.717) is 24.5 Å². The molecule has 0 aliphatic heterocycles. The number of hydrogen-bond donors (Lipinski definition) is 1. The van der Waals surface area contributed by atoms with E-state index < -0.39 is 0 Å². The minimum atomic E-state index is -0.234. The summed E-state index contributed by atoms with van der Waals surface area (Å²) < 4.78 is 18.8. The highest BCUT2D eigenvalue weighted by atomic mass is 19.1. The van der Waals surface area contributed by atoms with Crippen molar-refractivity contribution in [2.75, 3.05) is 13.7 Å². The van der Waals surface area contributed by atoms with Crippen molar-refractivity contribution in [3.63, 3.8) is 0 Å². The van der Waals surface area contributed by atoms with Gasteiger partial charge in [-0.15, -0.1) is 0 Å². The summed E-state index contributed by atoms with van der Waals surface area (Å²) in [5, 5.41) is 2.93. The molecule has 1 aromatic carbocycles. The second-order valence-corrected chi connectivity index (χ2v) is 3.15. The number of hydrogen-bond acceptors (Lipinski definition) is 2. The largest absolute Gasteiger partial charge is 0.494 e. The highest BCUT2D eigenvalue weighted by molar-refractivity contribution is 5.61. The van der Waals surface area contributed by atoms with Crippen LogP contribution in [0.3, 0.4) is 0 Å². The van der Waals surface area contributed by atoms with Crippen LogP contribution in [-0.2, 0) is 11.3 Å². The first-order valence-corrected chi connectivity index (χ1v) is 4.94. The lowest BCUT2D eigenvalue weighted by Crippen LogP contribution is -2.10. The second-order valence-electron chi connectivity index (χ2n) is 3.15. The van der Waals surface area contributed by atoms with Crippen LogP contribution >= 0.6 is 0 Å². The summed E-state index contributed by atoms with van der Waals surface area (Å²) in [4.78, 5) is 0. The van der Waals surface area contributed by atoms with Crippen molar-refractivity contribution in [3.8, 4) is 0 Å². The predicted molar refractivity (Wildman–Crippen MR) is 59.8 cm³/mol. The number of halogens is 1. The first-order valence-electron chi connectivity index (χ1n) is 4.94. The Bertz CT molecular complexity index is 349. The van der Waals surface area contributed by atoms with Crippen molar-refractivity contribution in [1.82, 2.24) is 5.32 Å². The highest BCUT2D eigenvalue weighted by Crippen LogP contribution is 2.21. The Labute approximate surface area is 89.8 Å². The topological polar surface area (TPSA) is 21.3 Å². The lowest BCUT2D eigenvalue weighted by molar-refractivity contribution is 0.298. The summed E-state index contributed by atoms with van der Waals surface area (Å²) in [7, 11) is 1.78. The van der Waals surface area contributed by atoms with Crippen LogP contribution in [0.4, 0.5) is 4.39 Å². The Morgan fingerprint density at radius 2 is 2.27 bits per heavy atom. The van der Waals surface area contributed by atoms with Gasteiger partial charge in [0.2, 0.25) is 0 Å². The van der Waals surface area contributed by atoms with E-state index in [1.807, 2.05) is 13.0 Å². The van der Waals surface area contributed by atoms with E-state index in [9.17, 15) is 4.39 Å². The third-order valence-electron chi connectivity index (χ3n) is 2.09. The SMILES string of the molecule is C=C(OCC)c1cccc(F)c1CNC. The molecule has 15 heavy (non-hydrogen) atoms. The molecule has 0 atom stereocenters. The zero-order chi connectivity index (χ0) is 11.3. The quantitative estimate of drug-likeness (QED) is 0.752. The van der Waals surface area contributed by atoms with Crippen LogP contribution in [-0.4, -0.2) is 13.7 Å². The molecule has 0 aliphatic rings. The summed E-state index contributed by atoms with van der Waals surface area (Å²) in [5.74, 6) is 0.282. The van der Waals surface area contributed by atoms with Gasteiger partial charge in [-0.3, -0.25) is 0 Å². The smallest absolute Gasteiger partial charge is 0.128 e. The lowest BCUT2D eigenvalue weighted by atomic mass is 10.1. The van der Waals surface area contributed by atoms with Crippen LogP contribution in [0.25, 0.3) is 5.76 Å². The van der Waals surface area contributed by atoms with Crippen LogP contribution in [0.15, 0.2) is 24.8 Å². The maximum absolute atomic E-state index is 13.5. The third kappa shape index (κ3) is 2.80. The zero-order valence-electron chi connectivity index (χ0n) is 9.14. The van der Waals surface area contributed by atoms with Crippen molar-refractivity contribution >= 4 is 5.76 Å². The van der Waals surface area contributed by atoms with Gasteiger partial charge >= 0.3 is 0 Å². The van der Waals surface area contributed by atoms with Gasteiger partial charge < -0.3 is 10.1 Å². The molecule has 0 unspecified atom stereocenters. The van der Waals surface area contributed by atoms with Gasteiger partial charge in [0.15, 0.2) is 0 Å². The van der Waals surface area contributed by atoms with Gasteiger partial charge in [-0.05, 0) is 20.0 Å². The van der Waals surface area contributed by atoms with Crippen molar-refractivity contribution in [1.29, 1.82) is 0 Å². The van der Waals surface area contributed by atoms with Crippen LogP contribution in [0.2, 0.25) is 0 Å². The van der Waals surface area contributed by atoms with Gasteiger partial charge in [0.1, 0.15) is 11.6 Å². The molecule has 1 rings (SSSR count). The molecule has 0 radical (unpaired) electrons. The summed E-state index contributed by atoms with van der Waals surface area (Å²) in [6.45, 7) is 6.66. The molecule has 0 amide bonds.